The lowest BCUT2D eigenvalue weighted by atomic mass is 10.1. The van der Waals surface area contributed by atoms with Crippen molar-refractivity contribution in [2.24, 2.45) is 0 Å². The molecule has 0 atom stereocenters. The van der Waals surface area contributed by atoms with Crippen molar-refractivity contribution in [2.45, 2.75) is 13.3 Å². The van der Waals surface area contributed by atoms with Crippen molar-refractivity contribution in [1.29, 1.82) is 5.26 Å². The van der Waals surface area contributed by atoms with Gasteiger partial charge in [0.05, 0.1) is 7.11 Å². The Morgan fingerprint density at radius 3 is 2.37 bits per heavy atom. The SMILES string of the molecule is C=CCc1ccc(OCCOc2ccc(/C=C(\C#N)C(=O)Nc3ccc(C)cc3)cc2)c(OC)c1. The van der Waals surface area contributed by atoms with E-state index >= 15 is 0 Å². The van der Waals surface area contributed by atoms with E-state index in [1.165, 1.54) is 0 Å². The maximum Gasteiger partial charge on any atom is 0.266 e. The number of carbonyl (C=O) groups is 1. The van der Waals surface area contributed by atoms with Crippen LogP contribution in [-0.4, -0.2) is 26.2 Å². The van der Waals surface area contributed by atoms with Crippen LogP contribution in [0.2, 0.25) is 0 Å². The molecule has 0 aromatic heterocycles. The first-order chi connectivity index (χ1) is 17.0. The van der Waals surface area contributed by atoms with E-state index in [1.807, 2.05) is 49.4 Å². The highest BCUT2D eigenvalue weighted by atomic mass is 16.5. The molecule has 35 heavy (non-hydrogen) atoms. The highest BCUT2D eigenvalue weighted by Crippen LogP contribution is 2.28. The molecule has 178 valence electrons. The lowest BCUT2D eigenvalue weighted by molar-refractivity contribution is -0.112. The molecule has 3 aromatic rings. The average Bonchev–Trinajstić information content (AvgIpc) is 2.88. The Hall–Kier alpha value is -4.50. The van der Waals surface area contributed by atoms with Gasteiger partial charge in [0.25, 0.3) is 5.91 Å². The zero-order valence-electron chi connectivity index (χ0n) is 19.9. The quantitative estimate of drug-likeness (QED) is 0.168. The van der Waals surface area contributed by atoms with Crippen LogP contribution >= 0.6 is 0 Å². The number of anilines is 1. The van der Waals surface area contributed by atoms with Crippen molar-refractivity contribution < 1.29 is 19.0 Å². The number of allylic oxidation sites excluding steroid dienone is 1. The number of nitriles is 1. The maximum atomic E-state index is 12.4. The van der Waals surface area contributed by atoms with E-state index in [0.717, 1.165) is 17.5 Å². The van der Waals surface area contributed by atoms with Crippen molar-refractivity contribution in [3.8, 4) is 23.3 Å². The predicted molar refractivity (Wildman–Crippen MR) is 138 cm³/mol. The van der Waals surface area contributed by atoms with Crippen LogP contribution in [0.3, 0.4) is 0 Å². The number of rotatable bonds is 11. The molecule has 0 saturated heterocycles. The zero-order valence-corrected chi connectivity index (χ0v) is 19.9. The molecule has 0 fully saturated rings. The second-order valence-corrected chi connectivity index (χ2v) is 7.73. The molecule has 1 amide bonds. The third-order valence-electron chi connectivity index (χ3n) is 5.08. The highest BCUT2D eigenvalue weighted by molar-refractivity contribution is 6.09. The molecule has 0 spiro atoms. The van der Waals surface area contributed by atoms with E-state index in [0.29, 0.717) is 41.7 Å². The van der Waals surface area contributed by atoms with Gasteiger partial charge in [-0.25, -0.2) is 0 Å². The van der Waals surface area contributed by atoms with Gasteiger partial charge in [-0.2, -0.15) is 5.26 Å². The summed E-state index contributed by atoms with van der Waals surface area (Å²) in [4.78, 5) is 12.4. The number of methoxy groups -OCH3 is 1. The summed E-state index contributed by atoms with van der Waals surface area (Å²) in [7, 11) is 1.61. The Bertz CT molecular complexity index is 1220. The summed E-state index contributed by atoms with van der Waals surface area (Å²) in [6.45, 7) is 6.40. The van der Waals surface area contributed by atoms with Gasteiger partial charge in [-0.05, 0) is 66.9 Å². The fraction of sp³-hybridized carbons (Fsp3) is 0.172. The molecule has 0 aliphatic carbocycles. The first-order valence-electron chi connectivity index (χ1n) is 11.2. The Morgan fingerprint density at radius 1 is 1.00 bits per heavy atom. The lowest BCUT2D eigenvalue weighted by Gasteiger charge is -2.12. The molecular formula is C29H28N2O4. The molecule has 3 aromatic carbocycles. The Kier molecular flexibility index (Phi) is 9.09. The molecule has 0 saturated carbocycles. The van der Waals surface area contributed by atoms with Crippen molar-refractivity contribution in [3.05, 3.63) is 102 Å². The van der Waals surface area contributed by atoms with Crippen LogP contribution in [0.25, 0.3) is 6.08 Å². The third kappa shape index (κ3) is 7.51. The molecule has 6 nitrogen and oxygen atoms in total. The summed E-state index contributed by atoms with van der Waals surface area (Å²) in [5.41, 5.74) is 3.56. The Balaban J connectivity index is 1.52. The summed E-state index contributed by atoms with van der Waals surface area (Å²) < 4.78 is 16.9. The zero-order chi connectivity index (χ0) is 25.0. The van der Waals surface area contributed by atoms with Crippen LogP contribution in [0.1, 0.15) is 16.7 Å². The van der Waals surface area contributed by atoms with Gasteiger partial charge in [0.15, 0.2) is 11.5 Å². The first-order valence-corrected chi connectivity index (χ1v) is 11.2. The minimum absolute atomic E-state index is 0.0145. The van der Waals surface area contributed by atoms with Gasteiger partial charge < -0.3 is 19.5 Å². The number of aryl methyl sites for hydroxylation is 1. The van der Waals surface area contributed by atoms with Gasteiger partial charge >= 0.3 is 0 Å². The van der Waals surface area contributed by atoms with E-state index in [-0.39, 0.29) is 5.57 Å². The molecule has 0 heterocycles. The summed E-state index contributed by atoms with van der Waals surface area (Å²) in [6.07, 6.45) is 4.14. The topological polar surface area (TPSA) is 80.6 Å². The predicted octanol–water partition coefficient (Wildman–Crippen LogP) is 5.74. The standard InChI is InChI=1S/C29H28N2O4/c1-4-5-22-10-15-27(28(19-22)33-3)35-17-16-34-26-13-8-23(9-14-26)18-24(20-30)29(32)31-25-11-6-21(2)7-12-25/h4,6-15,18-19H,1,5,16-17H2,2-3H3,(H,31,32)/b24-18+. The average molecular weight is 469 g/mol. The number of ether oxygens (including phenoxy) is 3. The van der Waals surface area contributed by atoms with E-state index < -0.39 is 5.91 Å². The highest BCUT2D eigenvalue weighted by Gasteiger charge is 2.10. The van der Waals surface area contributed by atoms with Gasteiger partial charge in [-0.3, -0.25) is 4.79 Å². The number of nitrogens with one attached hydrogen (secondary N) is 1. The minimum Gasteiger partial charge on any atom is -0.493 e. The molecule has 0 aliphatic rings. The summed E-state index contributed by atoms with van der Waals surface area (Å²) in [5, 5.41) is 12.2. The molecule has 0 bridgehead atoms. The normalized spacial score (nSPS) is 10.7. The molecule has 0 aliphatic heterocycles. The molecule has 3 rings (SSSR count). The number of nitrogens with zero attached hydrogens (tertiary/aromatic N) is 1. The second-order valence-electron chi connectivity index (χ2n) is 7.73. The van der Waals surface area contributed by atoms with Gasteiger partial charge in [0.1, 0.15) is 30.6 Å². The molecule has 0 radical (unpaired) electrons. The molecular weight excluding hydrogens is 440 g/mol. The van der Waals surface area contributed by atoms with Crippen LogP contribution in [0.15, 0.2) is 85.0 Å². The fourth-order valence-corrected chi connectivity index (χ4v) is 3.25. The van der Waals surface area contributed by atoms with Crippen LogP contribution in [-0.2, 0) is 11.2 Å². The summed E-state index contributed by atoms with van der Waals surface area (Å²) in [6, 6.07) is 22.3. The van der Waals surface area contributed by atoms with Crippen molar-refractivity contribution in [3.63, 3.8) is 0 Å². The second kappa shape index (κ2) is 12.7. The van der Waals surface area contributed by atoms with Gasteiger partial charge in [0, 0.05) is 5.69 Å². The van der Waals surface area contributed by atoms with Crippen LogP contribution in [0.4, 0.5) is 5.69 Å². The van der Waals surface area contributed by atoms with E-state index in [1.54, 1.807) is 49.6 Å². The molecule has 6 heteroatoms. The smallest absolute Gasteiger partial charge is 0.266 e. The summed E-state index contributed by atoms with van der Waals surface area (Å²) in [5.74, 6) is 1.51. The number of hydrogen-bond donors (Lipinski definition) is 1. The number of benzene rings is 3. The number of carbonyl (C=O) groups excluding carboxylic acids is 1. The molecule has 1 N–H and O–H groups in total. The van der Waals surface area contributed by atoms with E-state index in [2.05, 4.69) is 11.9 Å². The van der Waals surface area contributed by atoms with Gasteiger partial charge in [-0.15, -0.1) is 6.58 Å². The van der Waals surface area contributed by atoms with Crippen LogP contribution < -0.4 is 19.5 Å². The minimum atomic E-state index is -0.457. The third-order valence-corrected chi connectivity index (χ3v) is 5.08. The lowest BCUT2D eigenvalue weighted by Crippen LogP contribution is -2.13. The fourth-order valence-electron chi connectivity index (χ4n) is 3.25. The Labute approximate surface area is 206 Å². The van der Waals surface area contributed by atoms with Crippen molar-refractivity contribution in [2.75, 3.05) is 25.6 Å². The monoisotopic (exact) mass is 468 g/mol. The van der Waals surface area contributed by atoms with Crippen molar-refractivity contribution >= 4 is 17.7 Å². The van der Waals surface area contributed by atoms with Crippen LogP contribution in [0, 0.1) is 18.3 Å². The first kappa shape index (κ1) is 25.1. The van der Waals surface area contributed by atoms with Gasteiger partial charge in [0.2, 0.25) is 0 Å². The van der Waals surface area contributed by atoms with E-state index in [9.17, 15) is 10.1 Å². The number of hydrogen-bond acceptors (Lipinski definition) is 5. The van der Waals surface area contributed by atoms with Crippen molar-refractivity contribution in [1.82, 2.24) is 0 Å². The van der Waals surface area contributed by atoms with E-state index in [4.69, 9.17) is 14.2 Å². The maximum absolute atomic E-state index is 12.4. The van der Waals surface area contributed by atoms with Crippen LogP contribution in [0.5, 0.6) is 17.2 Å². The largest absolute Gasteiger partial charge is 0.493 e. The Morgan fingerprint density at radius 2 is 1.71 bits per heavy atom. The van der Waals surface area contributed by atoms with Gasteiger partial charge in [-0.1, -0.05) is 42.0 Å². The molecule has 0 unspecified atom stereocenters. The number of amides is 1. The summed E-state index contributed by atoms with van der Waals surface area (Å²) >= 11 is 0.